The summed E-state index contributed by atoms with van der Waals surface area (Å²) in [5, 5.41) is 2.22. The molecular formula is C29H27N3O3S. The van der Waals surface area contributed by atoms with Crippen LogP contribution in [0.25, 0.3) is 10.8 Å². The normalized spacial score (nSPS) is 20.1. The van der Waals surface area contributed by atoms with Gasteiger partial charge in [0, 0.05) is 31.7 Å². The van der Waals surface area contributed by atoms with Gasteiger partial charge in [0.1, 0.15) is 0 Å². The highest BCUT2D eigenvalue weighted by Crippen LogP contribution is 2.47. The summed E-state index contributed by atoms with van der Waals surface area (Å²) in [6, 6.07) is 29.6. The van der Waals surface area contributed by atoms with E-state index in [1.807, 2.05) is 59.5 Å². The Morgan fingerprint density at radius 2 is 1.33 bits per heavy atom. The van der Waals surface area contributed by atoms with Crippen molar-refractivity contribution in [2.24, 2.45) is 0 Å². The van der Waals surface area contributed by atoms with E-state index in [0.29, 0.717) is 31.7 Å². The second kappa shape index (κ2) is 9.17. The molecule has 1 aliphatic carbocycles. The molecule has 6 nitrogen and oxygen atoms in total. The Hall–Kier alpha value is -3.52. The van der Waals surface area contributed by atoms with Crippen LogP contribution >= 0.6 is 0 Å². The molecule has 4 aromatic carbocycles. The summed E-state index contributed by atoms with van der Waals surface area (Å²) in [6.45, 7) is 2.51. The predicted octanol–water partition coefficient (Wildman–Crippen LogP) is 4.37. The Morgan fingerprint density at radius 3 is 2.00 bits per heavy atom. The molecule has 182 valence electrons. The highest BCUT2D eigenvalue weighted by Gasteiger charge is 2.41. The largest absolute Gasteiger partial charge is 0.336 e. The van der Waals surface area contributed by atoms with Gasteiger partial charge in [-0.25, -0.2) is 13.1 Å². The van der Waals surface area contributed by atoms with Gasteiger partial charge in [0.2, 0.25) is 10.0 Å². The van der Waals surface area contributed by atoms with E-state index in [4.69, 9.17) is 0 Å². The maximum Gasteiger partial charge on any atom is 0.253 e. The first-order valence-corrected chi connectivity index (χ1v) is 13.7. The maximum atomic E-state index is 13.4. The number of carbonyl (C=O) groups excluding carboxylic acids is 1. The fourth-order valence-corrected chi connectivity index (χ4v) is 6.83. The molecule has 1 fully saturated rings. The van der Waals surface area contributed by atoms with Crippen molar-refractivity contribution < 1.29 is 13.2 Å². The van der Waals surface area contributed by atoms with Gasteiger partial charge in [-0.1, -0.05) is 72.8 Å². The fraction of sp³-hybridized carbons (Fsp3) is 0.207. The van der Waals surface area contributed by atoms with Crippen LogP contribution < -0.4 is 4.72 Å². The van der Waals surface area contributed by atoms with Gasteiger partial charge < -0.3 is 4.90 Å². The van der Waals surface area contributed by atoms with Crippen LogP contribution in [0.3, 0.4) is 0 Å². The first-order valence-electron chi connectivity index (χ1n) is 12.2. The molecule has 1 aliphatic heterocycles. The molecule has 0 radical (unpaired) electrons. The zero-order valence-electron chi connectivity index (χ0n) is 19.7. The molecule has 1 amide bonds. The van der Waals surface area contributed by atoms with Crippen molar-refractivity contribution in [3.63, 3.8) is 0 Å². The number of nitrogens with one attached hydrogen (secondary N) is 1. The standard InChI is InChI=1S/C29H27N3O3S/c33-29(22-9-3-1-4-10-22)32-19-17-31(18-20-32)28-25-16-8-12-21-11-7-15-24(26(21)25)27(28)30-36(34,35)23-13-5-2-6-14-23/h1-16,27-28,30H,17-20H2/t27-,28+/m1/s1. The summed E-state index contributed by atoms with van der Waals surface area (Å²) in [7, 11) is -3.73. The number of sulfonamides is 1. The SMILES string of the molecule is O=C(c1ccccc1)N1CCN([C@H]2c3cccc4cccc(c34)[C@H]2NS(=O)(=O)c2ccccc2)CC1. The zero-order valence-corrected chi connectivity index (χ0v) is 20.6. The molecule has 0 aromatic heterocycles. The van der Waals surface area contributed by atoms with Crippen LogP contribution in [0.5, 0.6) is 0 Å². The lowest BCUT2D eigenvalue weighted by atomic mass is 10.0. The van der Waals surface area contributed by atoms with Gasteiger partial charge in [0.25, 0.3) is 5.91 Å². The van der Waals surface area contributed by atoms with Gasteiger partial charge in [0.05, 0.1) is 17.0 Å². The van der Waals surface area contributed by atoms with E-state index in [-0.39, 0.29) is 16.8 Å². The number of nitrogens with zero attached hydrogens (tertiary/aromatic N) is 2. The van der Waals surface area contributed by atoms with E-state index in [1.165, 1.54) is 0 Å². The van der Waals surface area contributed by atoms with Crippen LogP contribution in [0, 0.1) is 0 Å². The van der Waals surface area contributed by atoms with Crippen molar-refractivity contribution in [3.8, 4) is 0 Å². The summed E-state index contributed by atoms with van der Waals surface area (Å²) >= 11 is 0. The van der Waals surface area contributed by atoms with E-state index >= 15 is 0 Å². The van der Waals surface area contributed by atoms with E-state index in [2.05, 4.69) is 27.8 Å². The molecule has 0 saturated carbocycles. The molecule has 0 bridgehead atoms. The van der Waals surface area contributed by atoms with Crippen LogP contribution in [0.1, 0.15) is 33.6 Å². The molecule has 6 rings (SSSR count). The third-order valence-electron chi connectivity index (χ3n) is 7.29. The summed E-state index contributed by atoms with van der Waals surface area (Å²) in [4.78, 5) is 17.4. The van der Waals surface area contributed by atoms with Crippen LogP contribution in [-0.2, 0) is 10.0 Å². The van der Waals surface area contributed by atoms with Crippen molar-refractivity contribution in [1.29, 1.82) is 0 Å². The van der Waals surface area contributed by atoms with Gasteiger partial charge in [-0.15, -0.1) is 0 Å². The topological polar surface area (TPSA) is 69.7 Å². The number of hydrogen-bond donors (Lipinski definition) is 1. The third kappa shape index (κ3) is 3.99. The van der Waals surface area contributed by atoms with Crippen LogP contribution in [0.2, 0.25) is 0 Å². The van der Waals surface area contributed by atoms with Gasteiger partial charge in [-0.05, 0) is 46.2 Å². The maximum absolute atomic E-state index is 13.4. The monoisotopic (exact) mass is 497 g/mol. The molecule has 2 aliphatic rings. The molecule has 0 spiro atoms. The number of piperazine rings is 1. The summed E-state index contributed by atoms with van der Waals surface area (Å²) in [5.41, 5.74) is 2.82. The molecule has 1 N–H and O–H groups in total. The Labute approximate surface area is 211 Å². The molecule has 36 heavy (non-hydrogen) atoms. The van der Waals surface area contributed by atoms with Gasteiger partial charge in [-0.2, -0.15) is 0 Å². The Bertz CT molecular complexity index is 1510. The molecule has 0 unspecified atom stereocenters. The second-order valence-electron chi connectivity index (χ2n) is 9.34. The molecule has 1 saturated heterocycles. The van der Waals surface area contributed by atoms with Crippen molar-refractivity contribution in [3.05, 3.63) is 114 Å². The third-order valence-corrected chi connectivity index (χ3v) is 8.75. The Morgan fingerprint density at radius 1 is 0.722 bits per heavy atom. The van der Waals surface area contributed by atoms with Gasteiger partial charge in [0.15, 0.2) is 0 Å². The first-order chi connectivity index (χ1) is 17.5. The number of benzene rings is 4. The fourth-order valence-electron chi connectivity index (χ4n) is 5.59. The lowest BCUT2D eigenvalue weighted by Crippen LogP contribution is -2.51. The molecule has 2 atom stereocenters. The van der Waals surface area contributed by atoms with E-state index < -0.39 is 16.1 Å². The molecule has 7 heteroatoms. The van der Waals surface area contributed by atoms with E-state index in [9.17, 15) is 13.2 Å². The smallest absolute Gasteiger partial charge is 0.253 e. The zero-order chi connectivity index (χ0) is 24.7. The predicted molar refractivity (Wildman–Crippen MR) is 140 cm³/mol. The van der Waals surface area contributed by atoms with Crippen molar-refractivity contribution in [2.75, 3.05) is 26.2 Å². The second-order valence-corrected chi connectivity index (χ2v) is 11.1. The number of hydrogen-bond acceptors (Lipinski definition) is 4. The van der Waals surface area contributed by atoms with Gasteiger partial charge >= 0.3 is 0 Å². The Kier molecular flexibility index (Phi) is 5.84. The number of rotatable bonds is 5. The highest BCUT2D eigenvalue weighted by atomic mass is 32.2. The number of amides is 1. The van der Waals surface area contributed by atoms with Crippen LogP contribution in [-0.4, -0.2) is 50.3 Å². The summed E-state index contributed by atoms with van der Waals surface area (Å²) in [6.07, 6.45) is 0. The highest BCUT2D eigenvalue weighted by molar-refractivity contribution is 7.89. The van der Waals surface area contributed by atoms with Crippen molar-refractivity contribution in [1.82, 2.24) is 14.5 Å². The molecule has 4 aromatic rings. The van der Waals surface area contributed by atoms with E-state index in [0.717, 1.165) is 21.9 Å². The minimum absolute atomic E-state index is 0.0355. The molecule has 1 heterocycles. The lowest BCUT2D eigenvalue weighted by molar-refractivity contribution is 0.0539. The number of carbonyl (C=O) groups is 1. The van der Waals surface area contributed by atoms with Crippen LogP contribution in [0.15, 0.2) is 102 Å². The minimum Gasteiger partial charge on any atom is -0.336 e. The lowest BCUT2D eigenvalue weighted by Gasteiger charge is -2.40. The van der Waals surface area contributed by atoms with Crippen molar-refractivity contribution >= 4 is 26.7 Å². The van der Waals surface area contributed by atoms with Crippen molar-refractivity contribution in [2.45, 2.75) is 17.0 Å². The van der Waals surface area contributed by atoms with E-state index in [1.54, 1.807) is 24.3 Å². The van der Waals surface area contributed by atoms with Gasteiger partial charge in [-0.3, -0.25) is 9.69 Å². The molecular weight excluding hydrogens is 470 g/mol. The summed E-state index contributed by atoms with van der Waals surface area (Å²) in [5.74, 6) is 0.0355. The van der Waals surface area contributed by atoms with Crippen LogP contribution in [0.4, 0.5) is 0 Å². The minimum atomic E-state index is -3.73. The quantitative estimate of drug-likeness (QED) is 0.445. The average Bonchev–Trinajstić information content (AvgIpc) is 3.23. The average molecular weight is 498 g/mol. The Balaban J connectivity index is 1.31. The summed E-state index contributed by atoms with van der Waals surface area (Å²) < 4.78 is 29.8. The first kappa shape index (κ1) is 22.9.